The van der Waals surface area contributed by atoms with Crippen molar-refractivity contribution in [3.05, 3.63) is 117 Å². The Morgan fingerprint density at radius 3 is 2.46 bits per heavy atom. The van der Waals surface area contributed by atoms with E-state index in [1.807, 2.05) is 42.5 Å². The summed E-state index contributed by atoms with van der Waals surface area (Å²) in [7, 11) is 1.53. The lowest BCUT2D eigenvalue weighted by Gasteiger charge is -2.30. The van der Waals surface area contributed by atoms with Gasteiger partial charge in [0.25, 0.3) is 5.91 Å². The quantitative estimate of drug-likeness (QED) is 0.310. The lowest BCUT2D eigenvalue weighted by molar-refractivity contribution is -0.118. The van der Waals surface area contributed by atoms with E-state index in [9.17, 15) is 14.9 Å². The molecule has 9 heteroatoms. The summed E-state index contributed by atoms with van der Waals surface area (Å²) in [5.74, 6) is -0.713. The van der Waals surface area contributed by atoms with E-state index in [4.69, 9.17) is 16.3 Å². The zero-order valence-electron chi connectivity index (χ0n) is 21.5. The number of halogens is 1. The Balaban J connectivity index is 1.62. The maximum atomic E-state index is 13.7. The van der Waals surface area contributed by atoms with Gasteiger partial charge in [-0.1, -0.05) is 84.0 Å². The lowest BCUT2D eigenvalue weighted by Crippen LogP contribution is -2.31. The summed E-state index contributed by atoms with van der Waals surface area (Å²) in [5, 5.41) is 20.2. The number of carbonyl (C=O) groups is 2. The highest BCUT2D eigenvalue weighted by Gasteiger charge is 2.36. The standard InChI is InChI=1S/C30H27ClN4O3S/c1-19-27(29(37)35-24-14-8-9-15-25(24)38-2)28(21-12-6-7-13-23(21)31)22(16-32)30(34-19)39-18-26(36)33-17-20-10-4-3-5-11-20/h3-15,28,34H,17-18H2,1-2H3,(H,33,36)(H,35,37). The van der Waals surface area contributed by atoms with Gasteiger partial charge in [-0.25, -0.2) is 0 Å². The molecule has 3 N–H and O–H groups in total. The normalized spacial score (nSPS) is 14.8. The van der Waals surface area contributed by atoms with Crippen molar-refractivity contribution in [2.45, 2.75) is 19.4 Å². The second kappa shape index (κ2) is 13.1. The summed E-state index contributed by atoms with van der Waals surface area (Å²) in [4.78, 5) is 26.3. The number of dihydropyridines is 1. The molecule has 3 aromatic rings. The van der Waals surface area contributed by atoms with Gasteiger partial charge < -0.3 is 20.7 Å². The fourth-order valence-electron chi connectivity index (χ4n) is 4.27. The van der Waals surface area contributed by atoms with Crippen LogP contribution in [-0.4, -0.2) is 24.7 Å². The molecule has 0 fully saturated rings. The minimum absolute atomic E-state index is 0.0889. The Hall–Kier alpha value is -4.19. The Morgan fingerprint density at radius 1 is 1.05 bits per heavy atom. The van der Waals surface area contributed by atoms with Gasteiger partial charge in [-0.3, -0.25) is 9.59 Å². The van der Waals surface area contributed by atoms with Crippen molar-refractivity contribution in [1.29, 1.82) is 5.26 Å². The molecular formula is C30H27ClN4O3S. The zero-order valence-corrected chi connectivity index (χ0v) is 23.0. The Bertz CT molecular complexity index is 1480. The summed E-state index contributed by atoms with van der Waals surface area (Å²) >= 11 is 7.79. The number of methoxy groups -OCH3 is 1. The lowest BCUT2D eigenvalue weighted by atomic mass is 9.82. The first kappa shape index (κ1) is 27.8. The number of thioether (sulfide) groups is 1. The molecule has 1 unspecified atom stereocenters. The summed E-state index contributed by atoms with van der Waals surface area (Å²) in [6.07, 6.45) is 0. The molecule has 3 aromatic carbocycles. The van der Waals surface area contributed by atoms with Gasteiger partial charge in [-0.2, -0.15) is 5.26 Å². The first-order valence-electron chi connectivity index (χ1n) is 12.2. The van der Waals surface area contributed by atoms with Crippen molar-refractivity contribution >= 4 is 40.9 Å². The first-order valence-corrected chi connectivity index (χ1v) is 13.5. The van der Waals surface area contributed by atoms with Crippen molar-refractivity contribution in [2.75, 3.05) is 18.2 Å². The molecule has 0 saturated heterocycles. The number of rotatable bonds is 9. The third-order valence-corrected chi connectivity index (χ3v) is 7.50. The van der Waals surface area contributed by atoms with E-state index in [-0.39, 0.29) is 11.7 Å². The van der Waals surface area contributed by atoms with E-state index < -0.39 is 11.8 Å². The number of para-hydroxylation sites is 2. The van der Waals surface area contributed by atoms with Gasteiger partial charge in [-0.15, -0.1) is 0 Å². The predicted octanol–water partition coefficient (Wildman–Crippen LogP) is 5.73. The van der Waals surface area contributed by atoms with E-state index in [2.05, 4.69) is 22.0 Å². The molecule has 1 aliphatic heterocycles. The molecule has 1 heterocycles. The fourth-order valence-corrected chi connectivity index (χ4v) is 5.44. The molecule has 0 bridgehead atoms. The van der Waals surface area contributed by atoms with Gasteiger partial charge in [0, 0.05) is 22.8 Å². The van der Waals surface area contributed by atoms with E-state index in [1.165, 1.54) is 18.9 Å². The third kappa shape index (κ3) is 6.63. The number of ether oxygens (including phenoxy) is 1. The van der Waals surface area contributed by atoms with Crippen molar-refractivity contribution in [2.24, 2.45) is 0 Å². The fraction of sp³-hybridized carbons (Fsp3) is 0.167. The van der Waals surface area contributed by atoms with Crippen molar-refractivity contribution < 1.29 is 14.3 Å². The van der Waals surface area contributed by atoms with Crippen LogP contribution in [0.25, 0.3) is 0 Å². The number of allylic oxidation sites excluding steroid dienone is 2. The zero-order chi connectivity index (χ0) is 27.8. The molecule has 1 atom stereocenters. The average Bonchev–Trinajstić information content (AvgIpc) is 2.95. The predicted molar refractivity (Wildman–Crippen MR) is 155 cm³/mol. The van der Waals surface area contributed by atoms with Gasteiger partial charge in [-0.05, 0) is 36.2 Å². The molecule has 0 radical (unpaired) electrons. The van der Waals surface area contributed by atoms with E-state index in [1.54, 1.807) is 43.3 Å². The van der Waals surface area contributed by atoms with Crippen LogP contribution >= 0.6 is 23.4 Å². The second-order valence-corrected chi connectivity index (χ2v) is 10.1. The molecule has 0 saturated carbocycles. The Kier molecular flexibility index (Phi) is 9.31. The number of nitrogens with zero attached hydrogens (tertiary/aromatic N) is 1. The largest absolute Gasteiger partial charge is 0.495 e. The van der Waals surface area contributed by atoms with Crippen LogP contribution in [0.2, 0.25) is 5.02 Å². The van der Waals surface area contributed by atoms with Crippen LogP contribution in [0.3, 0.4) is 0 Å². The van der Waals surface area contributed by atoms with Gasteiger partial charge in [0.1, 0.15) is 5.75 Å². The summed E-state index contributed by atoms with van der Waals surface area (Å²) in [5.41, 5.74) is 3.32. The van der Waals surface area contributed by atoms with Crippen molar-refractivity contribution in [3.63, 3.8) is 0 Å². The van der Waals surface area contributed by atoms with Crippen LogP contribution in [0.4, 0.5) is 5.69 Å². The van der Waals surface area contributed by atoms with E-state index >= 15 is 0 Å². The molecule has 4 rings (SSSR count). The third-order valence-electron chi connectivity index (χ3n) is 6.14. The summed E-state index contributed by atoms with van der Waals surface area (Å²) < 4.78 is 5.38. The number of hydrogen-bond acceptors (Lipinski definition) is 6. The van der Waals surface area contributed by atoms with Crippen LogP contribution in [-0.2, 0) is 16.1 Å². The van der Waals surface area contributed by atoms with Gasteiger partial charge in [0.05, 0.1) is 41.1 Å². The minimum Gasteiger partial charge on any atom is -0.495 e. The molecule has 7 nitrogen and oxygen atoms in total. The molecule has 2 amide bonds. The number of nitriles is 1. The van der Waals surface area contributed by atoms with Crippen LogP contribution < -0.4 is 20.7 Å². The molecule has 198 valence electrons. The average molecular weight is 559 g/mol. The summed E-state index contributed by atoms with van der Waals surface area (Å²) in [6.45, 7) is 2.18. The molecule has 0 aliphatic carbocycles. The van der Waals surface area contributed by atoms with Crippen molar-refractivity contribution in [3.8, 4) is 11.8 Å². The number of anilines is 1. The molecular weight excluding hydrogens is 532 g/mol. The number of amides is 2. The topological polar surface area (TPSA) is 103 Å². The van der Waals surface area contributed by atoms with E-state index in [0.29, 0.717) is 50.4 Å². The van der Waals surface area contributed by atoms with Gasteiger partial charge >= 0.3 is 0 Å². The Morgan fingerprint density at radius 2 is 1.74 bits per heavy atom. The smallest absolute Gasteiger partial charge is 0.254 e. The minimum atomic E-state index is -0.741. The molecule has 0 spiro atoms. The first-order chi connectivity index (χ1) is 18.9. The van der Waals surface area contributed by atoms with Gasteiger partial charge in [0.15, 0.2) is 0 Å². The highest BCUT2D eigenvalue weighted by molar-refractivity contribution is 8.03. The number of carbonyl (C=O) groups excluding carboxylic acids is 2. The second-order valence-electron chi connectivity index (χ2n) is 8.68. The molecule has 39 heavy (non-hydrogen) atoms. The van der Waals surface area contributed by atoms with Crippen molar-refractivity contribution in [1.82, 2.24) is 10.6 Å². The van der Waals surface area contributed by atoms with Crippen LogP contribution in [0.1, 0.15) is 24.0 Å². The highest BCUT2D eigenvalue weighted by atomic mass is 35.5. The number of hydrogen-bond donors (Lipinski definition) is 3. The monoisotopic (exact) mass is 558 g/mol. The van der Waals surface area contributed by atoms with Crippen LogP contribution in [0, 0.1) is 11.3 Å². The summed E-state index contributed by atoms with van der Waals surface area (Å²) in [6, 6.07) is 26.1. The number of benzene rings is 3. The van der Waals surface area contributed by atoms with Gasteiger partial charge in [0.2, 0.25) is 5.91 Å². The number of nitrogens with one attached hydrogen (secondary N) is 3. The van der Waals surface area contributed by atoms with Crippen LogP contribution in [0.5, 0.6) is 5.75 Å². The highest BCUT2D eigenvalue weighted by Crippen LogP contribution is 2.43. The molecule has 1 aliphatic rings. The maximum Gasteiger partial charge on any atom is 0.254 e. The SMILES string of the molecule is COc1ccccc1NC(=O)C1=C(C)NC(SCC(=O)NCc2ccccc2)=C(C#N)C1c1ccccc1Cl. The van der Waals surface area contributed by atoms with E-state index in [0.717, 1.165) is 5.56 Å². The molecule has 0 aromatic heterocycles. The van der Waals surface area contributed by atoms with Crippen LogP contribution in [0.15, 0.2) is 101 Å². The Labute approximate surface area is 236 Å². The maximum absolute atomic E-state index is 13.7.